The molecule has 7 nitrogen and oxygen atoms in total. The molecule has 0 aliphatic heterocycles. The summed E-state index contributed by atoms with van der Waals surface area (Å²) < 4.78 is 40.0. The van der Waals surface area contributed by atoms with Gasteiger partial charge in [-0.1, -0.05) is 41.0 Å². The Labute approximate surface area is 200 Å². The topological polar surface area (TPSA) is 88.9 Å². The molecular formula is C20H16Cl2F3N5O2S. The number of carbonyl (C=O) groups excluding carboxylic acids is 2. The van der Waals surface area contributed by atoms with E-state index in [-0.39, 0.29) is 29.6 Å². The minimum Gasteiger partial charge on any atom is -0.326 e. The molecule has 0 fully saturated rings. The van der Waals surface area contributed by atoms with Crippen LogP contribution in [0.4, 0.5) is 24.5 Å². The van der Waals surface area contributed by atoms with E-state index in [1.807, 2.05) is 0 Å². The molecule has 0 bridgehead atoms. The predicted octanol–water partition coefficient (Wildman–Crippen LogP) is 5.05. The molecule has 0 unspecified atom stereocenters. The fourth-order valence-electron chi connectivity index (χ4n) is 2.65. The first-order valence-electron chi connectivity index (χ1n) is 9.26. The lowest BCUT2D eigenvalue weighted by Gasteiger charge is -2.10. The van der Waals surface area contributed by atoms with Crippen molar-refractivity contribution in [3.63, 3.8) is 0 Å². The molecule has 0 atom stereocenters. The molecule has 1 aromatic heterocycles. The predicted molar refractivity (Wildman–Crippen MR) is 121 cm³/mol. The highest BCUT2D eigenvalue weighted by atomic mass is 35.5. The number of rotatable bonds is 7. The molecule has 0 saturated carbocycles. The summed E-state index contributed by atoms with van der Waals surface area (Å²) in [6.45, 7) is 0. The molecular weight excluding hydrogens is 502 g/mol. The summed E-state index contributed by atoms with van der Waals surface area (Å²) in [7, 11) is 1.61. The normalized spacial score (nSPS) is 11.3. The Bertz CT molecular complexity index is 1190. The second-order valence-electron chi connectivity index (χ2n) is 6.72. The fraction of sp³-hybridized carbons (Fsp3) is 0.200. The monoisotopic (exact) mass is 517 g/mol. The van der Waals surface area contributed by atoms with Crippen LogP contribution in [-0.4, -0.2) is 32.3 Å². The van der Waals surface area contributed by atoms with E-state index in [9.17, 15) is 22.8 Å². The second-order valence-corrected chi connectivity index (χ2v) is 8.51. The van der Waals surface area contributed by atoms with E-state index in [0.717, 1.165) is 23.9 Å². The van der Waals surface area contributed by atoms with Crippen LogP contribution in [-0.2, 0) is 29.2 Å². The van der Waals surface area contributed by atoms with Crippen molar-refractivity contribution < 1.29 is 22.8 Å². The second kappa shape index (κ2) is 10.4. The lowest BCUT2D eigenvalue weighted by Crippen LogP contribution is -2.18. The molecule has 2 amide bonds. The summed E-state index contributed by atoms with van der Waals surface area (Å²) in [5.74, 6) is -0.614. The number of anilines is 2. The number of benzene rings is 2. The molecule has 2 N–H and O–H groups in total. The van der Waals surface area contributed by atoms with Crippen LogP contribution in [0.25, 0.3) is 0 Å². The van der Waals surface area contributed by atoms with Crippen LogP contribution in [0.5, 0.6) is 0 Å². The smallest absolute Gasteiger partial charge is 0.326 e. The summed E-state index contributed by atoms with van der Waals surface area (Å²) in [5, 5.41) is 14.1. The van der Waals surface area contributed by atoms with Crippen LogP contribution in [0.3, 0.4) is 0 Å². The lowest BCUT2D eigenvalue weighted by atomic mass is 10.2. The van der Waals surface area contributed by atoms with Gasteiger partial charge in [-0.2, -0.15) is 13.2 Å². The largest absolute Gasteiger partial charge is 0.416 e. The van der Waals surface area contributed by atoms with Crippen LogP contribution in [0, 0.1) is 0 Å². The number of hydrogen-bond acceptors (Lipinski definition) is 5. The summed E-state index contributed by atoms with van der Waals surface area (Å²) >= 11 is 12.9. The minimum atomic E-state index is -4.51. The quantitative estimate of drug-likeness (QED) is 0.428. The Balaban J connectivity index is 1.56. The summed E-state index contributed by atoms with van der Waals surface area (Å²) in [6.07, 6.45) is -4.73. The van der Waals surface area contributed by atoms with Gasteiger partial charge in [0.15, 0.2) is 5.16 Å². The number of nitrogens with zero attached hydrogens (tertiary/aromatic N) is 3. The first-order valence-corrected chi connectivity index (χ1v) is 11.0. The van der Waals surface area contributed by atoms with Crippen molar-refractivity contribution in [2.75, 3.05) is 16.4 Å². The van der Waals surface area contributed by atoms with E-state index in [4.69, 9.17) is 23.2 Å². The van der Waals surface area contributed by atoms with Gasteiger partial charge in [-0.15, -0.1) is 10.2 Å². The Kier molecular flexibility index (Phi) is 7.88. The Morgan fingerprint density at radius 1 is 1.06 bits per heavy atom. The van der Waals surface area contributed by atoms with Crippen molar-refractivity contribution >= 4 is 58.2 Å². The van der Waals surface area contributed by atoms with Gasteiger partial charge in [0.05, 0.1) is 28.4 Å². The lowest BCUT2D eigenvalue weighted by molar-refractivity contribution is -0.137. The molecule has 0 radical (unpaired) electrons. The van der Waals surface area contributed by atoms with Crippen LogP contribution >= 0.6 is 35.0 Å². The summed E-state index contributed by atoms with van der Waals surface area (Å²) in [4.78, 5) is 24.5. The maximum absolute atomic E-state index is 12.8. The van der Waals surface area contributed by atoms with E-state index in [0.29, 0.717) is 20.9 Å². The average Bonchev–Trinajstić information content (AvgIpc) is 3.07. The molecule has 0 spiro atoms. The molecule has 0 aliphatic carbocycles. The molecule has 2 aromatic carbocycles. The number of carbonyl (C=O) groups is 2. The SMILES string of the molecule is Cn1c(CC(=O)Nc2cccc(C(F)(F)F)c2)nnc1SCC(=O)Nc1ccc(Cl)cc1Cl. The van der Waals surface area contributed by atoms with Gasteiger partial charge in [0, 0.05) is 17.8 Å². The van der Waals surface area contributed by atoms with Gasteiger partial charge >= 0.3 is 6.18 Å². The van der Waals surface area contributed by atoms with Gasteiger partial charge in [-0.05, 0) is 36.4 Å². The van der Waals surface area contributed by atoms with E-state index in [1.165, 1.54) is 22.8 Å². The third-order valence-corrected chi connectivity index (χ3v) is 5.82. The van der Waals surface area contributed by atoms with Crippen LogP contribution in [0.15, 0.2) is 47.6 Å². The Morgan fingerprint density at radius 2 is 1.82 bits per heavy atom. The molecule has 0 saturated heterocycles. The van der Waals surface area contributed by atoms with Crippen molar-refractivity contribution in [1.82, 2.24) is 14.8 Å². The minimum absolute atomic E-state index is 0.00135. The molecule has 3 rings (SSSR count). The van der Waals surface area contributed by atoms with Crippen molar-refractivity contribution in [1.29, 1.82) is 0 Å². The third-order valence-electron chi connectivity index (χ3n) is 4.25. The molecule has 33 heavy (non-hydrogen) atoms. The van der Waals surface area contributed by atoms with Crippen molar-refractivity contribution in [3.05, 3.63) is 63.9 Å². The van der Waals surface area contributed by atoms with Gasteiger partial charge in [-0.25, -0.2) is 0 Å². The highest BCUT2D eigenvalue weighted by Crippen LogP contribution is 2.30. The first-order chi connectivity index (χ1) is 15.5. The molecule has 13 heteroatoms. The van der Waals surface area contributed by atoms with Crippen molar-refractivity contribution in [3.8, 4) is 0 Å². The fourth-order valence-corrected chi connectivity index (χ4v) is 3.84. The van der Waals surface area contributed by atoms with Crippen LogP contribution in [0.2, 0.25) is 10.0 Å². The number of halogens is 5. The van der Waals surface area contributed by atoms with E-state index >= 15 is 0 Å². The number of thioether (sulfide) groups is 1. The molecule has 3 aromatic rings. The maximum Gasteiger partial charge on any atom is 0.416 e. The number of amides is 2. The van der Waals surface area contributed by atoms with Crippen LogP contribution < -0.4 is 10.6 Å². The zero-order valence-corrected chi connectivity index (χ0v) is 19.2. The maximum atomic E-state index is 12.8. The van der Waals surface area contributed by atoms with E-state index < -0.39 is 17.6 Å². The average molecular weight is 518 g/mol. The van der Waals surface area contributed by atoms with Crippen molar-refractivity contribution in [2.24, 2.45) is 7.05 Å². The van der Waals surface area contributed by atoms with Gasteiger partial charge in [0.1, 0.15) is 5.82 Å². The summed E-state index contributed by atoms with van der Waals surface area (Å²) in [5.41, 5.74) is -0.434. The van der Waals surface area contributed by atoms with Gasteiger partial charge in [0.25, 0.3) is 0 Å². The van der Waals surface area contributed by atoms with Crippen LogP contribution in [0.1, 0.15) is 11.4 Å². The number of hydrogen-bond donors (Lipinski definition) is 2. The summed E-state index contributed by atoms with van der Waals surface area (Å²) in [6, 6.07) is 9.01. The molecule has 1 heterocycles. The number of nitrogens with one attached hydrogen (secondary N) is 2. The molecule has 174 valence electrons. The molecule has 0 aliphatic rings. The van der Waals surface area contributed by atoms with E-state index in [2.05, 4.69) is 20.8 Å². The van der Waals surface area contributed by atoms with Gasteiger partial charge in [0.2, 0.25) is 11.8 Å². The van der Waals surface area contributed by atoms with Gasteiger partial charge < -0.3 is 15.2 Å². The number of aromatic nitrogens is 3. The van der Waals surface area contributed by atoms with Crippen molar-refractivity contribution in [2.45, 2.75) is 17.8 Å². The highest BCUT2D eigenvalue weighted by molar-refractivity contribution is 7.99. The Morgan fingerprint density at radius 3 is 2.52 bits per heavy atom. The first kappa shape index (κ1) is 24.9. The zero-order valence-electron chi connectivity index (χ0n) is 16.9. The van der Waals surface area contributed by atoms with Gasteiger partial charge in [-0.3, -0.25) is 9.59 Å². The third kappa shape index (κ3) is 6.86. The van der Waals surface area contributed by atoms with E-state index in [1.54, 1.807) is 19.2 Å². The standard InChI is InChI=1S/C20H16Cl2F3N5O2S/c1-30-16(9-17(31)26-13-4-2-3-11(7-13)20(23,24)25)28-29-19(30)33-10-18(32)27-15-6-5-12(21)8-14(15)22/h2-8H,9-10H2,1H3,(H,26,31)(H,27,32). The number of alkyl halides is 3. The highest BCUT2D eigenvalue weighted by Gasteiger charge is 2.30. The Hall–Kier alpha value is -2.76. The zero-order chi connectivity index (χ0) is 24.2.